The molecule has 0 aliphatic carbocycles. The van der Waals surface area contributed by atoms with Crippen molar-refractivity contribution in [2.24, 2.45) is 5.73 Å². The maximum Gasteiger partial charge on any atom is 0.306 e. The van der Waals surface area contributed by atoms with Crippen LogP contribution in [0.25, 0.3) is 11.3 Å². The predicted molar refractivity (Wildman–Crippen MR) is 108 cm³/mol. The average Bonchev–Trinajstić information content (AvgIpc) is 2.63. The van der Waals surface area contributed by atoms with Crippen molar-refractivity contribution >= 4 is 11.9 Å². The second-order valence-electron chi connectivity index (χ2n) is 7.55. The molecule has 0 aliphatic heterocycles. The molecule has 6 heteroatoms. The summed E-state index contributed by atoms with van der Waals surface area (Å²) in [6.45, 7) is 6.16. The van der Waals surface area contributed by atoms with E-state index in [0.717, 1.165) is 30.6 Å². The van der Waals surface area contributed by atoms with Gasteiger partial charge in [-0.1, -0.05) is 18.2 Å². The number of carbonyl (C=O) groups excluding carboxylic acids is 2. The molecule has 150 valence electrons. The fourth-order valence-corrected chi connectivity index (χ4v) is 2.61. The van der Waals surface area contributed by atoms with Crippen molar-refractivity contribution < 1.29 is 19.1 Å². The number of nitrogens with zero attached hydrogens (tertiary/aromatic N) is 1. The Morgan fingerprint density at radius 2 is 1.79 bits per heavy atom. The molecule has 0 bridgehead atoms. The number of nitrogens with two attached hydrogens (primary N) is 1. The van der Waals surface area contributed by atoms with E-state index >= 15 is 0 Å². The van der Waals surface area contributed by atoms with Crippen molar-refractivity contribution in [3.05, 3.63) is 48.2 Å². The lowest BCUT2D eigenvalue weighted by Crippen LogP contribution is -2.23. The Morgan fingerprint density at radius 1 is 1.04 bits per heavy atom. The fourth-order valence-electron chi connectivity index (χ4n) is 2.61. The lowest BCUT2D eigenvalue weighted by molar-refractivity contribution is -0.154. The number of unbranched alkanes of at least 4 members (excludes halogenated alkanes) is 2. The minimum atomic E-state index is -0.555. The Labute approximate surface area is 166 Å². The highest BCUT2D eigenvalue weighted by atomic mass is 16.6. The molecular formula is C22H28N2O4. The predicted octanol–water partition coefficient (Wildman–Crippen LogP) is 4.13. The first kappa shape index (κ1) is 21.4. The zero-order valence-corrected chi connectivity index (χ0v) is 16.7. The number of esters is 1. The summed E-state index contributed by atoms with van der Waals surface area (Å²) < 4.78 is 11.1. The van der Waals surface area contributed by atoms with E-state index in [1.807, 2.05) is 51.1 Å². The number of ether oxygens (including phenoxy) is 2. The molecule has 0 spiro atoms. The summed E-state index contributed by atoms with van der Waals surface area (Å²) in [5.74, 6) is 0.0170. The van der Waals surface area contributed by atoms with Crippen molar-refractivity contribution in [1.82, 2.24) is 4.98 Å². The SMILES string of the molecule is CC(C)(C)OC(=O)CCCCCOc1cccc(-c2cccc(C(N)=O)n2)c1. The third-order valence-electron chi connectivity index (χ3n) is 3.85. The molecular weight excluding hydrogens is 356 g/mol. The summed E-state index contributed by atoms with van der Waals surface area (Å²) in [5.41, 5.74) is 6.60. The minimum absolute atomic E-state index is 0.160. The normalized spacial score (nSPS) is 11.1. The molecule has 0 fully saturated rings. The van der Waals surface area contributed by atoms with Gasteiger partial charge in [-0.15, -0.1) is 0 Å². The molecule has 2 aromatic rings. The van der Waals surface area contributed by atoms with Crippen molar-refractivity contribution in [1.29, 1.82) is 0 Å². The number of pyridine rings is 1. The van der Waals surface area contributed by atoms with Crippen LogP contribution in [-0.2, 0) is 9.53 Å². The Hall–Kier alpha value is -2.89. The Morgan fingerprint density at radius 3 is 2.50 bits per heavy atom. The average molecular weight is 384 g/mol. The van der Waals surface area contributed by atoms with Crippen LogP contribution < -0.4 is 10.5 Å². The van der Waals surface area contributed by atoms with Gasteiger partial charge in [0.15, 0.2) is 0 Å². The van der Waals surface area contributed by atoms with Crippen LogP contribution in [0.3, 0.4) is 0 Å². The van der Waals surface area contributed by atoms with Gasteiger partial charge in [0.2, 0.25) is 0 Å². The molecule has 0 aliphatic rings. The van der Waals surface area contributed by atoms with Gasteiger partial charge in [0.1, 0.15) is 17.0 Å². The molecule has 0 radical (unpaired) electrons. The first-order chi connectivity index (χ1) is 13.2. The van der Waals surface area contributed by atoms with Gasteiger partial charge >= 0.3 is 5.97 Å². The van der Waals surface area contributed by atoms with Crippen molar-refractivity contribution in [3.63, 3.8) is 0 Å². The zero-order chi connectivity index (χ0) is 20.6. The van der Waals surface area contributed by atoms with E-state index in [0.29, 0.717) is 18.7 Å². The Bertz CT molecular complexity index is 812. The standard InChI is InChI=1S/C22H28N2O4/c1-22(2,3)28-20(25)13-5-4-6-14-27-17-10-7-9-16(15-17)18-11-8-12-19(24-18)21(23)26/h7-12,15H,4-6,13-14H2,1-3H3,(H2,23,26). The summed E-state index contributed by atoms with van der Waals surface area (Å²) in [7, 11) is 0. The highest BCUT2D eigenvalue weighted by Gasteiger charge is 2.15. The minimum Gasteiger partial charge on any atom is -0.494 e. The third kappa shape index (κ3) is 7.39. The number of aromatic nitrogens is 1. The van der Waals surface area contributed by atoms with Gasteiger partial charge in [0.05, 0.1) is 12.3 Å². The van der Waals surface area contributed by atoms with E-state index in [-0.39, 0.29) is 11.7 Å². The van der Waals surface area contributed by atoms with Gasteiger partial charge in [-0.05, 0) is 64.3 Å². The lowest BCUT2D eigenvalue weighted by Gasteiger charge is -2.19. The maximum absolute atomic E-state index is 11.7. The van der Waals surface area contributed by atoms with E-state index in [9.17, 15) is 9.59 Å². The molecule has 2 rings (SSSR count). The molecule has 2 N–H and O–H groups in total. The smallest absolute Gasteiger partial charge is 0.306 e. The van der Waals surface area contributed by atoms with E-state index in [4.69, 9.17) is 15.2 Å². The number of benzene rings is 1. The van der Waals surface area contributed by atoms with Crippen molar-refractivity contribution in [2.45, 2.75) is 52.1 Å². The van der Waals surface area contributed by atoms with Crippen LogP contribution in [0.15, 0.2) is 42.5 Å². The monoisotopic (exact) mass is 384 g/mol. The molecule has 1 amide bonds. The van der Waals surface area contributed by atoms with Crippen LogP contribution in [0.2, 0.25) is 0 Å². The largest absolute Gasteiger partial charge is 0.494 e. The first-order valence-electron chi connectivity index (χ1n) is 9.46. The van der Waals surface area contributed by atoms with Crippen LogP contribution in [0, 0.1) is 0 Å². The number of hydrogen-bond donors (Lipinski definition) is 1. The Kier molecular flexibility index (Phi) is 7.55. The van der Waals surface area contributed by atoms with Gasteiger partial charge in [0, 0.05) is 12.0 Å². The summed E-state index contributed by atoms with van der Waals surface area (Å²) in [6.07, 6.45) is 2.94. The van der Waals surface area contributed by atoms with Gasteiger partial charge in [-0.2, -0.15) is 0 Å². The van der Waals surface area contributed by atoms with Crippen LogP contribution in [0.1, 0.15) is 56.9 Å². The molecule has 28 heavy (non-hydrogen) atoms. The topological polar surface area (TPSA) is 91.5 Å². The molecule has 0 saturated heterocycles. The number of rotatable bonds is 9. The maximum atomic E-state index is 11.7. The molecule has 6 nitrogen and oxygen atoms in total. The fraction of sp³-hybridized carbons (Fsp3) is 0.409. The second kappa shape index (κ2) is 9.88. The van der Waals surface area contributed by atoms with E-state index in [1.54, 1.807) is 12.1 Å². The van der Waals surface area contributed by atoms with Crippen LogP contribution in [0.5, 0.6) is 5.75 Å². The van der Waals surface area contributed by atoms with E-state index in [1.165, 1.54) is 0 Å². The molecule has 0 atom stereocenters. The summed E-state index contributed by atoms with van der Waals surface area (Å²) in [4.78, 5) is 27.2. The van der Waals surface area contributed by atoms with Crippen LogP contribution in [0.4, 0.5) is 0 Å². The summed E-state index contributed by atoms with van der Waals surface area (Å²) >= 11 is 0. The van der Waals surface area contributed by atoms with Crippen LogP contribution >= 0.6 is 0 Å². The van der Waals surface area contributed by atoms with Crippen LogP contribution in [-0.4, -0.2) is 29.1 Å². The number of primary amides is 1. The van der Waals surface area contributed by atoms with Gasteiger partial charge in [0.25, 0.3) is 5.91 Å². The summed E-state index contributed by atoms with van der Waals surface area (Å²) in [6, 6.07) is 12.7. The number of carbonyl (C=O) groups is 2. The molecule has 0 unspecified atom stereocenters. The number of hydrogen-bond acceptors (Lipinski definition) is 5. The third-order valence-corrected chi connectivity index (χ3v) is 3.85. The van der Waals surface area contributed by atoms with Gasteiger partial charge in [-0.25, -0.2) is 4.98 Å². The number of amides is 1. The molecule has 0 saturated carbocycles. The van der Waals surface area contributed by atoms with Gasteiger partial charge in [-0.3, -0.25) is 9.59 Å². The van der Waals surface area contributed by atoms with Crippen molar-refractivity contribution in [3.8, 4) is 17.0 Å². The first-order valence-corrected chi connectivity index (χ1v) is 9.46. The van der Waals surface area contributed by atoms with E-state index in [2.05, 4.69) is 4.98 Å². The zero-order valence-electron chi connectivity index (χ0n) is 16.7. The molecule has 1 heterocycles. The van der Waals surface area contributed by atoms with Gasteiger partial charge < -0.3 is 15.2 Å². The van der Waals surface area contributed by atoms with E-state index < -0.39 is 11.5 Å². The molecule has 1 aromatic carbocycles. The lowest BCUT2D eigenvalue weighted by atomic mass is 10.1. The quantitative estimate of drug-likeness (QED) is 0.518. The second-order valence-corrected chi connectivity index (χ2v) is 7.55. The highest BCUT2D eigenvalue weighted by Crippen LogP contribution is 2.23. The Balaban J connectivity index is 1.78. The van der Waals surface area contributed by atoms with Crippen molar-refractivity contribution in [2.75, 3.05) is 6.61 Å². The summed E-state index contributed by atoms with van der Waals surface area (Å²) in [5, 5.41) is 0. The highest BCUT2D eigenvalue weighted by molar-refractivity contribution is 5.91. The molecule has 1 aromatic heterocycles.